The van der Waals surface area contributed by atoms with Crippen molar-refractivity contribution in [1.29, 1.82) is 0 Å². The lowest BCUT2D eigenvalue weighted by molar-refractivity contribution is -0.383. The van der Waals surface area contributed by atoms with E-state index >= 15 is 0 Å². The Kier molecular flexibility index (Phi) is 5.91. The number of nitrogens with one attached hydrogen (secondary N) is 1. The van der Waals surface area contributed by atoms with E-state index in [1.54, 1.807) is 24.3 Å². The van der Waals surface area contributed by atoms with E-state index in [9.17, 15) is 19.7 Å². The summed E-state index contributed by atoms with van der Waals surface area (Å²) in [7, 11) is 0. The average molecular weight is 364 g/mol. The van der Waals surface area contributed by atoms with Crippen LogP contribution in [-0.4, -0.2) is 23.4 Å². The van der Waals surface area contributed by atoms with E-state index in [4.69, 9.17) is 22.1 Å². The van der Waals surface area contributed by atoms with Crippen LogP contribution in [0.5, 0.6) is 0 Å². The summed E-state index contributed by atoms with van der Waals surface area (Å²) in [5.74, 6) is -1.38. The van der Waals surface area contributed by atoms with Gasteiger partial charge >= 0.3 is 5.97 Å². The van der Waals surface area contributed by atoms with Crippen LogP contribution in [0.2, 0.25) is 5.02 Å². The highest BCUT2D eigenvalue weighted by Gasteiger charge is 2.17. The quantitative estimate of drug-likeness (QED) is 0.351. The molecule has 0 saturated heterocycles. The Morgan fingerprint density at radius 1 is 1.24 bits per heavy atom. The van der Waals surface area contributed by atoms with Crippen molar-refractivity contribution in [1.82, 2.24) is 5.32 Å². The topological polar surface area (TPSA) is 125 Å². The number of nitrogens with two attached hydrogens (primary N) is 1. The molecule has 2 aromatic rings. The summed E-state index contributed by atoms with van der Waals surface area (Å²) in [5, 5.41) is 13.9. The molecule has 25 heavy (non-hydrogen) atoms. The fourth-order valence-corrected chi connectivity index (χ4v) is 2.15. The highest BCUT2D eigenvalue weighted by atomic mass is 35.5. The van der Waals surface area contributed by atoms with Crippen LogP contribution in [0.4, 0.5) is 11.4 Å². The Morgan fingerprint density at radius 2 is 2.00 bits per heavy atom. The number of nitrogens with zero attached hydrogens (tertiary/aromatic N) is 1. The first-order valence-corrected chi connectivity index (χ1v) is 7.47. The van der Waals surface area contributed by atoms with E-state index in [0.717, 1.165) is 11.6 Å². The van der Waals surface area contributed by atoms with Crippen LogP contribution >= 0.6 is 11.6 Å². The van der Waals surface area contributed by atoms with Crippen LogP contribution in [-0.2, 0) is 16.1 Å². The van der Waals surface area contributed by atoms with E-state index in [1.807, 2.05) is 0 Å². The number of amides is 1. The van der Waals surface area contributed by atoms with Crippen molar-refractivity contribution in [3.05, 3.63) is 68.7 Å². The first-order chi connectivity index (χ1) is 11.9. The molecule has 8 nitrogen and oxygen atoms in total. The van der Waals surface area contributed by atoms with Gasteiger partial charge in [0.15, 0.2) is 6.61 Å². The predicted molar refractivity (Wildman–Crippen MR) is 91.1 cm³/mol. The van der Waals surface area contributed by atoms with Gasteiger partial charge in [-0.2, -0.15) is 0 Å². The minimum absolute atomic E-state index is 0.0662. The van der Waals surface area contributed by atoms with Crippen LogP contribution in [0.25, 0.3) is 0 Å². The molecule has 0 spiro atoms. The minimum Gasteiger partial charge on any atom is -0.452 e. The fraction of sp³-hybridized carbons (Fsp3) is 0.125. The molecule has 3 N–H and O–H groups in total. The molecule has 1 amide bonds. The summed E-state index contributed by atoms with van der Waals surface area (Å²) in [6, 6.07) is 10.5. The summed E-state index contributed by atoms with van der Waals surface area (Å²) in [4.78, 5) is 33.7. The van der Waals surface area contributed by atoms with Crippen molar-refractivity contribution in [2.75, 3.05) is 12.3 Å². The number of nitro groups is 1. The molecule has 0 fully saturated rings. The maximum Gasteiger partial charge on any atom is 0.338 e. The second-order valence-corrected chi connectivity index (χ2v) is 5.45. The van der Waals surface area contributed by atoms with Crippen molar-refractivity contribution in [2.45, 2.75) is 6.54 Å². The van der Waals surface area contributed by atoms with Gasteiger partial charge in [0.2, 0.25) is 0 Å². The third kappa shape index (κ3) is 5.18. The van der Waals surface area contributed by atoms with Gasteiger partial charge in [-0.05, 0) is 29.8 Å². The maximum atomic E-state index is 11.9. The van der Waals surface area contributed by atoms with E-state index in [2.05, 4.69) is 5.32 Å². The summed E-state index contributed by atoms with van der Waals surface area (Å²) in [6.45, 7) is -0.290. The standard InChI is InChI=1S/C16H14ClN3O5/c17-12-3-1-2-10(6-12)8-19-15(21)9-25-16(22)11-4-5-13(18)14(7-11)20(23)24/h1-7H,8-9,18H2,(H,19,21). The molecule has 0 unspecified atom stereocenters. The molecule has 0 bridgehead atoms. The number of carbonyl (C=O) groups is 2. The second kappa shape index (κ2) is 8.11. The van der Waals surface area contributed by atoms with Crippen molar-refractivity contribution in [2.24, 2.45) is 0 Å². The fourth-order valence-electron chi connectivity index (χ4n) is 1.94. The van der Waals surface area contributed by atoms with Crippen molar-refractivity contribution in [3.63, 3.8) is 0 Å². The van der Waals surface area contributed by atoms with E-state index in [1.165, 1.54) is 12.1 Å². The third-order valence-corrected chi connectivity index (χ3v) is 3.41. The number of esters is 1. The highest BCUT2D eigenvalue weighted by Crippen LogP contribution is 2.22. The lowest BCUT2D eigenvalue weighted by Crippen LogP contribution is -2.28. The Morgan fingerprint density at radius 3 is 2.68 bits per heavy atom. The number of anilines is 1. The largest absolute Gasteiger partial charge is 0.452 e. The van der Waals surface area contributed by atoms with Gasteiger partial charge in [-0.25, -0.2) is 4.79 Å². The normalized spacial score (nSPS) is 10.1. The number of carbonyl (C=O) groups excluding carboxylic acids is 2. The predicted octanol–water partition coefficient (Wildman–Crippen LogP) is 2.30. The Bertz CT molecular complexity index is 825. The van der Waals surface area contributed by atoms with Gasteiger partial charge in [0, 0.05) is 17.6 Å². The molecule has 0 saturated carbocycles. The molecule has 0 aromatic heterocycles. The van der Waals surface area contributed by atoms with E-state index < -0.39 is 29.1 Å². The number of benzene rings is 2. The maximum absolute atomic E-state index is 11.9. The smallest absolute Gasteiger partial charge is 0.338 e. The highest BCUT2D eigenvalue weighted by molar-refractivity contribution is 6.30. The molecule has 0 aliphatic heterocycles. The van der Waals surface area contributed by atoms with Gasteiger partial charge < -0.3 is 15.8 Å². The zero-order valence-electron chi connectivity index (χ0n) is 12.9. The van der Waals surface area contributed by atoms with Gasteiger partial charge in [-0.1, -0.05) is 23.7 Å². The lowest BCUT2D eigenvalue weighted by atomic mass is 10.2. The molecule has 0 aliphatic rings. The number of halogens is 1. The molecule has 2 rings (SSSR count). The first kappa shape index (κ1) is 18.2. The lowest BCUT2D eigenvalue weighted by Gasteiger charge is -2.07. The molecule has 0 atom stereocenters. The van der Waals surface area contributed by atoms with Crippen molar-refractivity contribution >= 4 is 34.9 Å². The van der Waals surface area contributed by atoms with E-state index in [-0.39, 0.29) is 17.8 Å². The third-order valence-electron chi connectivity index (χ3n) is 3.18. The van der Waals surface area contributed by atoms with E-state index in [0.29, 0.717) is 5.02 Å². The first-order valence-electron chi connectivity index (χ1n) is 7.09. The summed E-state index contributed by atoms with van der Waals surface area (Å²) < 4.78 is 4.84. The monoisotopic (exact) mass is 363 g/mol. The SMILES string of the molecule is Nc1ccc(C(=O)OCC(=O)NCc2cccc(Cl)c2)cc1[N+](=O)[O-]. The Labute approximate surface area is 147 Å². The minimum atomic E-state index is -0.860. The van der Waals surface area contributed by atoms with Gasteiger partial charge in [-0.15, -0.1) is 0 Å². The Hall–Kier alpha value is -3.13. The molecule has 2 aromatic carbocycles. The number of hydrogen-bond donors (Lipinski definition) is 2. The Balaban J connectivity index is 1.88. The molecule has 130 valence electrons. The molecule has 0 heterocycles. The molecule has 9 heteroatoms. The molecule has 0 aliphatic carbocycles. The van der Waals surface area contributed by atoms with Gasteiger partial charge in [-0.3, -0.25) is 14.9 Å². The van der Waals surface area contributed by atoms with Gasteiger partial charge in [0.25, 0.3) is 11.6 Å². The molecule has 0 radical (unpaired) electrons. The van der Waals surface area contributed by atoms with Crippen LogP contribution < -0.4 is 11.1 Å². The van der Waals surface area contributed by atoms with Crippen molar-refractivity contribution in [3.8, 4) is 0 Å². The zero-order valence-corrected chi connectivity index (χ0v) is 13.7. The molecular formula is C16H14ClN3O5. The summed E-state index contributed by atoms with van der Waals surface area (Å²) in [5.41, 5.74) is 5.71. The number of ether oxygens (including phenoxy) is 1. The number of hydrogen-bond acceptors (Lipinski definition) is 6. The van der Waals surface area contributed by atoms with Crippen LogP contribution in [0.3, 0.4) is 0 Å². The zero-order chi connectivity index (χ0) is 18.4. The summed E-state index contributed by atoms with van der Waals surface area (Å²) >= 11 is 5.84. The summed E-state index contributed by atoms with van der Waals surface area (Å²) in [6.07, 6.45) is 0. The second-order valence-electron chi connectivity index (χ2n) is 5.01. The van der Waals surface area contributed by atoms with Crippen molar-refractivity contribution < 1.29 is 19.2 Å². The average Bonchev–Trinajstić information content (AvgIpc) is 2.58. The van der Waals surface area contributed by atoms with Gasteiger partial charge in [0.1, 0.15) is 5.69 Å². The number of rotatable bonds is 6. The van der Waals surface area contributed by atoms with Crippen LogP contribution in [0.1, 0.15) is 15.9 Å². The van der Waals surface area contributed by atoms with Gasteiger partial charge in [0.05, 0.1) is 10.5 Å². The number of nitrogen functional groups attached to an aromatic ring is 1. The van der Waals surface area contributed by atoms with Crippen LogP contribution in [0.15, 0.2) is 42.5 Å². The molecular weight excluding hydrogens is 350 g/mol. The van der Waals surface area contributed by atoms with Crippen LogP contribution in [0, 0.1) is 10.1 Å². The number of nitro benzene ring substituents is 1.